The van der Waals surface area contributed by atoms with Gasteiger partial charge in [-0.3, -0.25) is 14.3 Å². The van der Waals surface area contributed by atoms with Gasteiger partial charge >= 0.3 is 5.69 Å². The molecule has 0 aliphatic carbocycles. The van der Waals surface area contributed by atoms with Crippen LogP contribution in [0.5, 0.6) is 0 Å². The molecule has 0 amide bonds. The van der Waals surface area contributed by atoms with Crippen molar-refractivity contribution in [3.63, 3.8) is 0 Å². The normalized spacial score (nSPS) is 22.6. The number of H-pyrrole nitrogens is 1. The third-order valence-electron chi connectivity index (χ3n) is 2.69. The Balaban J connectivity index is 2.36. The zero-order valence-corrected chi connectivity index (χ0v) is 12.1. The number of nitrogens with zero attached hydrogens (tertiary/aromatic N) is 1. The molecule has 2 atom stereocenters. The van der Waals surface area contributed by atoms with Crippen molar-refractivity contribution in [2.45, 2.75) is 19.3 Å². The lowest BCUT2D eigenvalue weighted by molar-refractivity contribution is -0.0115. The molecule has 19 heavy (non-hydrogen) atoms. The summed E-state index contributed by atoms with van der Waals surface area (Å²) in [5.41, 5.74) is -0.493. The van der Waals surface area contributed by atoms with Crippen LogP contribution in [-0.4, -0.2) is 33.6 Å². The first kappa shape index (κ1) is 14.4. The molecule has 0 unspecified atom stereocenters. The number of aromatic amines is 1. The summed E-state index contributed by atoms with van der Waals surface area (Å²) in [6, 6.07) is 0. The van der Waals surface area contributed by atoms with E-state index in [9.17, 15) is 14.7 Å². The molecule has 0 saturated carbocycles. The summed E-state index contributed by atoms with van der Waals surface area (Å²) in [5, 5.41) is 9.26. The van der Waals surface area contributed by atoms with Crippen molar-refractivity contribution in [1.82, 2.24) is 9.55 Å². The lowest BCUT2D eigenvalue weighted by atomic mass is 10.3. The first-order valence-electron chi connectivity index (χ1n) is 5.57. The van der Waals surface area contributed by atoms with Crippen LogP contribution in [0.25, 0.3) is 0 Å². The molecule has 1 aromatic heterocycles. The first-order chi connectivity index (χ1) is 9.06. The van der Waals surface area contributed by atoms with Crippen LogP contribution >= 0.6 is 21.6 Å². The lowest BCUT2D eigenvalue weighted by Gasteiger charge is -2.15. The molecule has 2 rings (SSSR count). The highest BCUT2D eigenvalue weighted by atomic mass is 33.1. The van der Waals surface area contributed by atoms with Gasteiger partial charge in [-0.15, -0.1) is 0 Å². The van der Waals surface area contributed by atoms with Gasteiger partial charge in [0.2, 0.25) is 0 Å². The molecule has 2 heterocycles. The molecule has 0 spiro atoms. The minimum atomic E-state index is -0.602. The molecule has 0 saturated heterocycles. The minimum Gasteiger partial charge on any atom is -0.393 e. The molecule has 1 aromatic rings. The minimum absolute atomic E-state index is 0.146. The van der Waals surface area contributed by atoms with E-state index >= 15 is 0 Å². The van der Waals surface area contributed by atoms with Crippen molar-refractivity contribution in [1.29, 1.82) is 0 Å². The molecule has 0 bridgehead atoms. The van der Waals surface area contributed by atoms with Gasteiger partial charge in [-0.2, -0.15) is 0 Å². The second-order valence-corrected chi connectivity index (χ2v) is 6.47. The predicted molar refractivity (Wildman–Crippen MR) is 76.2 cm³/mol. The number of aliphatic hydroxyl groups excluding tert-OH is 1. The van der Waals surface area contributed by atoms with E-state index in [4.69, 9.17) is 4.74 Å². The number of aliphatic hydroxyl groups is 1. The highest BCUT2D eigenvalue weighted by Crippen LogP contribution is 2.38. The Bertz CT molecular complexity index is 607. The number of aryl methyl sites for hydroxylation is 1. The van der Waals surface area contributed by atoms with E-state index in [1.165, 1.54) is 32.4 Å². The summed E-state index contributed by atoms with van der Waals surface area (Å²) >= 11 is 0. The maximum Gasteiger partial charge on any atom is 0.330 e. The number of rotatable bonds is 4. The fraction of sp³-hybridized carbons (Fsp3) is 0.455. The average Bonchev–Trinajstić information content (AvgIpc) is 2.77. The van der Waals surface area contributed by atoms with Gasteiger partial charge in [0.15, 0.2) is 6.23 Å². The standard InChI is InChI=1S/C11H14N2O4S2/c1-6-4-13(11(16)12-10(6)15)9-3-8(19-18-2)7(5-14)17-9/h3-4,7,9,14H,5H2,1-2H3,(H,12,15,16)/t7-,9-/m1/s1. The number of ether oxygens (including phenoxy) is 1. The fourth-order valence-corrected chi connectivity index (χ4v) is 3.42. The second kappa shape index (κ2) is 6.00. The van der Waals surface area contributed by atoms with Gasteiger partial charge in [0, 0.05) is 16.7 Å². The summed E-state index contributed by atoms with van der Waals surface area (Å²) in [6.45, 7) is 1.47. The molecule has 2 N–H and O–H groups in total. The maximum atomic E-state index is 11.8. The summed E-state index contributed by atoms with van der Waals surface area (Å²) in [4.78, 5) is 26.2. The van der Waals surface area contributed by atoms with Crippen LogP contribution in [0.3, 0.4) is 0 Å². The highest BCUT2D eigenvalue weighted by molar-refractivity contribution is 8.78. The summed E-state index contributed by atoms with van der Waals surface area (Å²) in [6.07, 6.45) is 4.13. The van der Waals surface area contributed by atoms with E-state index in [1.807, 2.05) is 6.26 Å². The molecule has 1 aliphatic rings. The predicted octanol–water partition coefficient (Wildman–Crippen LogP) is 0.630. The van der Waals surface area contributed by atoms with Crippen molar-refractivity contribution in [2.24, 2.45) is 0 Å². The van der Waals surface area contributed by atoms with E-state index in [-0.39, 0.29) is 6.61 Å². The van der Waals surface area contributed by atoms with Crippen molar-refractivity contribution in [2.75, 3.05) is 12.9 Å². The Morgan fingerprint density at radius 2 is 2.26 bits per heavy atom. The van der Waals surface area contributed by atoms with Gasteiger partial charge < -0.3 is 9.84 Å². The molecule has 0 fully saturated rings. The smallest absolute Gasteiger partial charge is 0.330 e. The topological polar surface area (TPSA) is 84.3 Å². The summed E-state index contributed by atoms with van der Waals surface area (Å²) in [7, 11) is 3.03. The van der Waals surface area contributed by atoms with Crippen LogP contribution in [0.4, 0.5) is 0 Å². The maximum absolute atomic E-state index is 11.8. The molecular formula is C11H14N2O4S2. The van der Waals surface area contributed by atoms with Gasteiger partial charge in [-0.1, -0.05) is 21.6 Å². The van der Waals surface area contributed by atoms with Crippen LogP contribution in [0.15, 0.2) is 26.8 Å². The Hall–Kier alpha value is -0.960. The largest absolute Gasteiger partial charge is 0.393 e. The zero-order valence-electron chi connectivity index (χ0n) is 10.5. The van der Waals surface area contributed by atoms with E-state index in [0.717, 1.165) is 4.91 Å². The third kappa shape index (κ3) is 2.97. The Kier molecular flexibility index (Phi) is 4.56. The van der Waals surface area contributed by atoms with Crippen LogP contribution in [-0.2, 0) is 4.74 Å². The lowest BCUT2D eigenvalue weighted by Crippen LogP contribution is -2.33. The quantitative estimate of drug-likeness (QED) is 0.794. The van der Waals surface area contributed by atoms with Gasteiger partial charge in [-0.25, -0.2) is 4.79 Å². The molecule has 1 aliphatic heterocycles. The Morgan fingerprint density at radius 3 is 2.89 bits per heavy atom. The fourth-order valence-electron chi connectivity index (χ4n) is 1.75. The van der Waals surface area contributed by atoms with Crippen molar-refractivity contribution < 1.29 is 9.84 Å². The summed E-state index contributed by atoms with van der Waals surface area (Å²) < 4.78 is 6.91. The van der Waals surface area contributed by atoms with E-state index < -0.39 is 23.6 Å². The zero-order chi connectivity index (χ0) is 14.0. The SMILES string of the molecule is CSSC1=C[C@H](n2cc(C)c(=O)[nH]c2=O)O[C@@H]1CO. The summed E-state index contributed by atoms with van der Waals surface area (Å²) in [5.74, 6) is 0. The number of hydrogen-bond acceptors (Lipinski definition) is 6. The van der Waals surface area contributed by atoms with Gasteiger partial charge in [0.25, 0.3) is 5.56 Å². The molecule has 0 aromatic carbocycles. The van der Waals surface area contributed by atoms with Gasteiger partial charge in [0.05, 0.1) is 6.61 Å². The van der Waals surface area contributed by atoms with E-state index in [0.29, 0.717) is 5.56 Å². The van der Waals surface area contributed by atoms with Gasteiger partial charge in [-0.05, 0) is 19.3 Å². The van der Waals surface area contributed by atoms with Crippen LogP contribution < -0.4 is 11.2 Å². The molecule has 6 nitrogen and oxygen atoms in total. The van der Waals surface area contributed by atoms with E-state index in [2.05, 4.69) is 4.98 Å². The average molecular weight is 302 g/mol. The van der Waals surface area contributed by atoms with Crippen LogP contribution in [0, 0.1) is 6.92 Å². The number of hydrogen-bond donors (Lipinski definition) is 2. The molecular weight excluding hydrogens is 288 g/mol. The number of aromatic nitrogens is 2. The molecule has 104 valence electrons. The Morgan fingerprint density at radius 1 is 1.53 bits per heavy atom. The van der Waals surface area contributed by atoms with Gasteiger partial charge in [0.1, 0.15) is 6.10 Å². The third-order valence-corrected chi connectivity index (χ3v) is 4.53. The molecule has 0 radical (unpaired) electrons. The van der Waals surface area contributed by atoms with E-state index in [1.54, 1.807) is 13.0 Å². The van der Waals surface area contributed by atoms with Crippen LogP contribution in [0.2, 0.25) is 0 Å². The van der Waals surface area contributed by atoms with Crippen molar-refractivity contribution >= 4 is 21.6 Å². The van der Waals surface area contributed by atoms with Crippen LogP contribution in [0.1, 0.15) is 11.8 Å². The monoisotopic (exact) mass is 302 g/mol. The number of nitrogens with one attached hydrogen (secondary N) is 1. The first-order valence-corrected chi connectivity index (χ1v) is 8.13. The Labute approximate surface area is 117 Å². The molecule has 8 heteroatoms. The van der Waals surface area contributed by atoms with Crippen molar-refractivity contribution in [3.05, 3.63) is 43.6 Å². The second-order valence-electron chi connectivity index (χ2n) is 4.00. The highest BCUT2D eigenvalue weighted by Gasteiger charge is 2.28. The van der Waals surface area contributed by atoms with Crippen molar-refractivity contribution in [3.8, 4) is 0 Å².